The van der Waals surface area contributed by atoms with Gasteiger partial charge in [0.15, 0.2) is 5.78 Å². The maximum Gasteiger partial charge on any atom is 0.317 e. The number of thiophene rings is 1. The van der Waals surface area contributed by atoms with Crippen LogP contribution in [0.15, 0.2) is 17.5 Å². The zero-order chi connectivity index (χ0) is 18.4. The number of carbonyl (C=O) groups is 3. The fourth-order valence-corrected chi connectivity index (χ4v) is 4.31. The fourth-order valence-electron chi connectivity index (χ4n) is 3.61. The first kappa shape index (κ1) is 18.9. The maximum absolute atomic E-state index is 12.4. The van der Waals surface area contributed by atoms with Crippen LogP contribution in [-0.2, 0) is 4.79 Å². The van der Waals surface area contributed by atoms with Gasteiger partial charge in [-0.3, -0.25) is 9.59 Å². The van der Waals surface area contributed by atoms with E-state index in [9.17, 15) is 14.4 Å². The summed E-state index contributed by atoms with van der Waals surface area (Å²) in [6, 6.07) is 3.94. The van der Waals surface area contributed by atoms with Crippen molar-refractivity contribution in [3.63, 3.8) is 0 Å². The van der Waals surface area contributed by atoms with Crippen molar-refractivity contribution < 1.29 is 14.4 Å². The van der Waals surface area contributed by atoms with Gasteiger partial charge in [-0.2, -0.15) is 0 Å². The van der Waals surface area contributed by atoms with Gasteiger partial charge >= 0.3 is 6.03 Å². The van der Waals surface area contributed by atoms with Crippen LogP contribution in [0.3, 0.4) is 0 Å². The van der Waals surface area contributed by atoms with Crippen molar-refractivity contribution in [2.24, 2.45) is 0 Å². The van der Waals surface area contributed by atoms with Crippen LogP contribution < -0.4 is 5.32 Å². The molecule has 1 N–H and O–H groups in total. The Morgan fingerprint density at radius 1 is 1.00 bits per heavy atom. The number of nitrogens with one attached hydrogen (secondary N) is 1. The Balaban J connectivity index is 1.37. The normalized spacial score (nSPS) is 18.6. The zero-order valence-electron chi connectivity index (χ0n) is 15.1. The van der Waals surface area contributed by atoms with E-state index in [4.69, 9.17) is 0 Å². The van der Waals surface area contributed by atoms with E-state index in [1.165, 1.54) is 30.6 Å². The predicted octanol–water partition coefficient (Wildman–Crippen LogP) is 2.90. The van der Waals surface area contributed by atoms with Crippen LogP contribution in [0.1, 0.15) is 54.6 Å². The van der Waals surface area contributed by atoms with Gasteiger partial charge < -0.3 is 15.1 Å². The third kappa shape index (κ3) is 5.06. The molecule has 1 saturated heterocycles. The van der Waals surface area contributed by atoms with Crippen LogP contribution in [0.5, 0.6) is 0 Å². The molecule has 2 aliphatic rings. The molecule has 26 heavy (non-hydrogen) atoms. The highest BCUT2D eigenvalue weighted by Crippen LogP contribution is 2.18. The highest BCUT2D eigenvalue weighted by atomic mass is 32.1. The minimum atomic E-state index is -0.00290. The molecule has 0 unspecified atom stereocenters. The first-order valence-electron chi connectivity index (χ1n) is 9.53. The number of hydrogen-bond acceptors (Lipinski definition) is 4. The zero-order valence-corrected chi connectivity index (χ0v) is 15.9. The summed E-state index contributed by atoms with van der Waals surface area (Å²) >= 11 is 1.41. The van der Waals surface area contributed by atoms with Crippen molar-refractivity contribution in [3.05, 3.63) is 22.4 Å². The molecule has 7 heteroatoms. The van der Waals surface area contributed by atoms with Gasteiger partial charge in [-0.05, 0) is 24.3 Å². The summed E-state index contributed by atoms with van der Waals surface area (Å²) in [5, 5.41) is 5.00. The molecule has 1 aliphatic heterocycles. The van der Waals surface area contributed by atoms with Crippen molar-refractivity contribution >= 4 is 29.1 Å². The second kappa shape index (κ2) is 9.16. The van der Waals surface area contributed by atoms with Crippen LogP contribution in [0, 0.1) is 0 Å². The smallest absolute Gasteiger partial charge is 0.317 e. The lowest BCUT2D eigenvalue weighted by atomic mass is 9.96. The SMILES string of the molecule is O=C(CCC(=O)N1CCN(C(=O)NC2CCCCC2)CC1)c1cccs1. The molecular formula is C19H27N3O3S. The van der Waals surface area contributed by atoms with Gasteiger partial charge in [-0.15, -0.1) is 11.3 Å². The maximum atomic E-state index is 12.4. The summed E-state index contributed by atoms with van der Waals surface area (Å²) in [7, 11) is 0. The van der Waals surface area contributed by atoms with Gasteiger partial charge in [-0.1, -0.05) is 25.3 Å². The van der Waals surface area contributed by atoms with Crippen LogP contribution in [0.2, 0.25) is 0 Å². The first-order chi connectivity index (χ1) is 12.6. The molecule has 2 fully saturated rings. The summed E-state index contributed by atoms with van der Waals surface area (Å²) in [6.45, 7) is 2.21. The van der Waals surface area contributed by atoms with Gasteiger partial charge in [0.1, 0.15) is 0 Å². The number of piperazine rings is 1. The molecule has 6 nitrogen and oxygen atoms in total. The Morgan fingerprint density at radius 3 is 2.35 bits per heavy atom. The van der Waals surface area contributed by atoms with Crippen molar-refractivity contribution in [3.8, 4) is 0 Å². The van der Waals surface area contributed by atoms with E-state index in [0.717, 1.165) is 12.8 Å². The fraction of sp³-hybridized carbons (Fsp3) is 0.632. The van der Waals surface area contributed by atoms with Gasteiger partial charge in [-0.25, -0.2) is 4.79 Å². The Labute approximate surface area is 158 Å². The number of Topliss-reactive ketones (excluding diaryl/α,β-unsaturated/α-hetero) is 1. The summed E-state index contributed by atoms with van der Waals surface area (Å²) in [5.74, 6) is 0.0288. The quantitative estimate of drug-likeness (QED) is 0.802. The standard InChI is InChI=1S/C19H27N3O3S/c23-16(17-7-4-14-26-17)8-9-18(24)21-10-12-22(13-11-21)19(25)20-15-5-2-1-3-6-15/h4,7,14-15H,1-3,5-6,8-13H2,(H,20,25). The highest BCUT2D eigenvalue weighted by molar-refractivity contribution is 7.12. The largest absolute Gasteiger partial charge is 0.339 e. The molecule has 2 heterocycles. The number of ketones is 1. The van der Waals surface area contributed by atoms with Gasteiger partial charge in [0.05, 0.1) is 4.88 Å². The molecule has 0 aromatic carbocycles. The molecule has 3 rings (SSSR count). The van der Waals surface area contributed by atoms with Crippen LogP contribution >= 0.6 is 11.3 Å². The number of carbonyl (C=O) groups excluding carboxylic acids is 3. The van der Waals surface area contributed by atoms with Crippen molar-refractivity contribution in [2.45, 2.75) is 51.0 Å². The lowest BCUT2D eigenvalue weighted by molar-refractivity contribution is -0.132. The Morgan fingerprint density at radius 2 is 1.69 bits per heavy atom. The van der Waals surface area contributed by atoms with Crippen molar-refractivity contribution in [2.75, 3.05) is 26.2 Å². The van der Waals surface area contributed by atoms with Gasteiger partial charge in [0, 0.05) is 45.1 Å². The average Bonchev–Trinajstić information content (AvgIpc) is 3.21. The molecular weight excluding hydrogens is 350 g/mol. The molecule has 1 aliphatic carbocycles. The minimum Gasteiger partial charge on any atom is -0.339 e. The highest BCUT2D eigenvalue weighted by Gasteiger charge is 2.26. The first-order valence-corrected chi connectivity index (χ1v) is 10.4. The molecule has 142 valence electrons. The molecule has 0 atom stereocenters. The lowest BCUT2D eigenvalue weighted by Crippen LogP contribution is -2.54. The van der Waals surface area contributed by atoms with E-state index in [0.29, 0.717) is 37.1 Å². The number of urea groups is 1. The molecule has 0 spiro atoms. The molecule has 0 radical (unpaired) electrons. The summed E-state index contributed by atoms with van der Waals surface area (Å²) in [5.41, 5.74) is 0. The summed E-state index contributed by atoms with van der Waals surface area (Å²) < 4.78 is 0. The van der Waals surface area contributed by atoms with Crippen molar-refractivity contribution in [1.29, 1.82) is 0 Å². The molecule has 0 bridgehead atoms. The van der Waals surface area contributed by atoms with Crippen LogP contribution in [-0.4, -0.2) is 59.7 Å². The van der Waals surface area contributed by atoms with E-state index in [1.807, 2.05) is 11.4 Å². The Bertz CT molecular complexity index is 618. The molecule has 3 amide bonds. The number of amides is 3. The molecule has 1 aromatic heterocycles. The summed E-state index contributed by atoms with van der Waals surface area (Å²) in [4.78, 5) is 41.0. The van der Waals surface area contributed by atoms with E-state index in [-0.39, 0.29) is 30.6 Å². The van der Waals surface area contributed by atoms with E-state index >= 15 is 0 Å². The summed E-state index contributed by atoms with van der Waals surface area (Å²) in [6.07, 6.45) is 6.29. The minimum absolute atomic E-state index is 0.00208. The average molecular weight is 378 g/mol. The van der Waals surface area contributed by atoms with Gasteiger partial charge in [0.25, 0.3) is 0 Å². The topological polar surface area (TPSA) is 69.7 Å². The Hall–Kier alpha value is -1.89. The van der Waals surface area contributed by atoms with E-state index in [2.05, 4.69) is 5.32 Å². The van der Waals surface area contributed by atoms with Crippen molar-refractivity contribution in [1.82, 2.24) is 15.1 Å². The number of rotatable bonds is 5. The second-order valence-electron chi connectivity index (χ2n) is 7.05. The predicted molar refractivity (Wildman–Crippen MR) is 101 cm³/mol. The monoisotopic (exact) mass is 377 g/mol. The van der Waals surface area contributed by atoms with Crippen LogP contribution in [0.4, 0.5) is 4.79 Å². The van der Waals surface area contributed by atoms with Crippen LogP contribution in [0.25, 0.3) is 0 Å². The van der Waals surface area contributed by atoms with Gasteiger partial charge in [0.2, 0.25) is 5.91 Å². The molecule has 1 saturated carbocycles. The van der Waals surface area contributed by atoms with E-state index < -0.39 is 0 Å². The third-order valence-electron chi connectivity index (χ3n) is 5.21. The second-order valence-corrected chi connectivity index (χ2v) is 8.00. The number of hydrogen-bond donors (Lipinski definition) is 1. The number of nitrogens with zero attached hydrogens (tertiary/aromatic N) is 2. The third-order valence-corrected chi connectivity index (χ3v) is 6.13. The molecule has 1 aromatic rings. The van der Waals surface area contributed by atoms with E-state index in [1.54, 1.807) is 15.9 Å². The lowest BCUT2D eigenvalue weighted by Gasteiger charge is -2.36. The Kier molecular flexibility index (Phi) is 6.66.